The highest BCUT2D eigenvalue weighted by atomic mass is 79.9. The zero-order valence-electron chi connectivity index (χ0n) is 11.7. The molecule has 0 saturated carbocycles. The molecule has 0 atom stereocenters. The Morgan fingerprint density at radius 3 is 2.45 bits per heavy atom. The Balaban J connectivity index is 0. The number of hydrogen-bond donors (Lipinski definition) is 2. The van der Waals surface area contributed by atoms with Crippen molar-refractivity contribution in [3.8, 4) is 5.75 Å². The Morgan fingerprint density at radius 1 is 1.15 bits per heavy atom. The highest BCUT2D eigenvalue weighted by Crippen LogP contribution is 2.32. The van der Waals surface area contributed by atoms with Crippen LogP contribution < -0.4 is 15.4 Å². The molecule has 1 rings (SSSR count). The SMILES string of the molecule is CCOc1c(Br)cc(Br)cc1CNCCCNC.Cl.Cl. The maximum atomic E-state index is 5.68. The minimum absolute atomic E-state index is 0. The maximum absolute atomic E-state index is 5.68. The quantitative estimate of drug-likeness (QED) is 0.581. The topological polar surface area (TPSA) is 33.3 Å². The van der Waals surface area contributed by atoms with E-state index in [9.17, 15) is 0 Å². The fourth-order valence-electron chi connectivity index (χ4n) is 1.66. The lowest BCUT2D eigenvalue weighted by Gasteiger charge is -2.13. The van der Waals surface area contributed by atoms with Gasteiger partial charge in [0.1, 0.15) is 5.75 Å². The van der Waals surface area contributed by atoms with Crippen molar-refractivity contribution >= 4 is 56.7 Å². The number of benzene rings is 1. The normalized spacial score (nSPS) is 9.60. The van der Waals surface area contributed by atoms with E-state index in [0.717, 1.165) is 40.8 Å². The summed E-state index contributed by atoms with van der Waals surface area (Å²) in [5, 5.41) is 6.56. The van der Waals surface area contributed by atoms with Crippen molar-refractivity contribution in [2.75, 3.05) is 26.7 Å². The van der Waals surface area contributed by atoms with Gasteiger partial charge in [-0.05, 0) is 61.5 Å². The third-order valence-corrected chi connectivity index (χ3v) is 3.52. The van der Waals surface area contributed by atoms with E-state index in [2.05, 4.69) is 48.6 Å². The molecule has 0 aliphatic rings. The highest BCUT2D eigenvalue weighted by molar-refractivity contribution is 9.11. The molecule has 0 bridgehead atoms. The van der Waals surface area contributed by atoms with Crippen molar-refractivity contribution in [1.82, 2.24) is 10.6 Å². The number of nitrogens with one attached hydrogen (secondary N) is 2. The van der Waals surface area contributed by atoms with E-state index >= 15 is 0 Å². The first-order chi connectivity index (χ1) is 8.69. The molecule has 0 fully saturated rings. The van der Waals surface area contributed by atoms with Crippen molar-refractivity contribution in [3.05, 3.63) is 26.6 Å². The van der Waals surface area contributed by atoms with Gasteiger partial charge in [-0.1, -0.05) is 15.9 Å². The zero-order valence-corrected chi connectivity index (χ0v) is 16.5. The van der Waals surface area contributed by atoms with E-state index in [4.69, 9.17) is 4.74 Å². The molecule has 0 spiro atoms. The van der Waals surface area contributed by atoms with Gasteiger partial charge in [-0.15, -0.1) is 24.8 Å². The number of ether oxygens (including phenoxy) is 1. The van der Waals surface area contributed by atoms with Gasteiger partial charge in [0.05, 0.1) is 11.1 Å². The first-order valence-electron chi connectivity index (χ1n) is 6.15. The highest BCUT2D eigenvalue weighted by Gasteiger charge is 2.09. The monoisotopic (exact) mass is 450 g/mol. The second-order valence-electron chi connectivity index (χ2n) is 3.94. The minimum Gasteiger partial charge on any atom is -0.492 e. The average molecular weight is 453 g/mol. The van der Waals surface area contributed by atoms with E-state index in [1.54, 1.807) is 0 Å². The molecule has 3 nitrogen and oxygen atoms in total. The molecular weight excluding hydrogens is 431 g/mol. The Labute approximate surface area is 150 Å². The lowest BCUT2D eigenvalue weighted by Crippen LogP contribution is -2.19. The van der Waals surface area contributed by atoms with Crippen molar-refractivity contribution in [1.29, 1.82) is 0 Å². The molecule has 0 amide bonds. The van der Waals surface area contributed by atoms with E-state index in [1.807, 2.05) is 20.0 Å². The lowest BCUT2D eigenvalue weighted by molar-refractivity contribution is 0.333. The van der Waals surface area contributed by atoms with Crippen LogP contribution in [0.3, 0.4) is 0 Å². The van der Waals surface area contributed by atoms with Crippen LogP contribution >= 0.6 is 56.7 Å². The largest absolute Gasteiger partial charge is 0.492 e. The van der Waals surface area contributed by atoms with Crippen molar-refractivity contribution < 1.29 is 4.74 Å². The summed E-state index contributed by atoms with van der Waals surface area (Å²) in [5.41, 5.74) is 1.17. The first-order valence-corrected chi connectivity index (χ1v) is 7.73. The molecule has 2 N–H and O–H groups in total. The van der Waals surface area contributed by atoms with Crippen LogP contribution in [0.5, 0.6) is 5.75 Å². The van der Waals surface area contributed by atoms with Crippen molar-refractivity contribution in [2.45, 2.75) is 19.9 Å². The summed E-state index contributed by atoms with van der Waals surface area (Å²) < 4.78 is 7.73. The van der Waals surface area contributed by atoms with E-state index in [1.165, 1.54) is 5.56 Å². The van der Waals surface area contributed by atoms with Gasteiger partial charge in [-0.25, -0.2) is 0 Å². The molecule has 0 aliphatic heterocycles. The van der Waals surface area contributed by atoms with Crippen LogP contribution in [0.15, 0.2) is 21.1 Å². The molecule has 20 heavy (non-hydrogen) atoms. The molecular formula is C13H22Br2Cl2N2O. The van der Waals surface area contributed by atoms with Gasteiger partial charge in [0.25, 0.3) is 0 Å². The zero-order chi connectivity index (χ0) is 13.4. The average Bonchev–Trinajstić information content (AvgIpc) is 2.33. The second-order valence-corrected chi connectivity index (χ2v) is 5.71. The summed E-state index contributed by atoms with van der Waals surface area (Å²) in [6.07, 6.45) is 1.12. The Kier molecular flexibility index (Phi) is 15.0. The Bertz CT molecular complexity index is 382. The van der Waals surface area contributed by atoms with Gasteiger partial charge in [-0.2, -0.15) is 0 Å². The van der Waals surface area contributed by atoms with Crippen LogP contribution in [0.25, 0.3) is 0 Å². The smallest absolute Gasteiger partial charge is 0.138 e. The lowest BCUT2D eigenvalue weighted by atomic mass is 10.2. The second kappa shape index (κ2) is 13.2. The molecule has 0 aromatic heterocycles. The third kappa shape index (κ3) is 8.05. The number of rotatable bonds is 8. The van der Waals surface area contributed by atoms with Crippen LogP contribution in [0.1, 0.15) is 18.9 Å². The molecule has 1 aromatic rings. The number of halogens is 4. The predicted molar refractivity (Wildman–Crippen MR) is 97.8 cm³/mol. The van der Waals surface area contributed by atoms with Gasteiger partial charge in [0, 0.05) is 16.6 Å². The third-order valence-electron chi connectivity index (χ3n) is 2.47. The molecule has 0 radical (unpaired) electrons. The van der Waals surface area contributed by atoms with Crippen LogP contribution in [0.2, 0.25) is 0 Å². The van der Waals surface area contributed by atoms with Crippen LogP contribution in [0, 0.1) is 0 Å². The maximum Gasteiger partial charge on any atom is 0.138 e. The van der Waals surface area contributed by atoms with Gasteiger partial charge >= 0.3 is 0 Å². The van der Waals surface area contributed by atoms with Crippen molar-refractivity contribution in [3.63, 3.8) is 0 Å². The van der Waals surface area contributed by atoms with Crippen LogP contribution in [0.4, 0.5) is 0 Å². The molecule has 0 saturated heterocycles. The Morgan fingerprint density at radius 2 is 1.85 bits per heavy atom. The van der Waals surface area contributed by atoms with Gasteiger partial charge < -0.3 is 15.4 Å². The van der Waals surface area contributed by atoms with Gasteiger partial charge in [-0.3, -0.25) is 0 Å². The Hall–Kier alpha value is 0.480. The van der Waals surface area contributed by atoms with Gasteiger partial charge in [0.15, 0.2) is 0 Å². The van der Waals surface area contributed by atoms with E-state index in [-0.39, 0.29) is 24.8 Å². The standard InChI is InChI=1S/C13H20Br2N2O.2ClH/c1-3-18-13-10(7-11(14)8-12(13)15)9-17-6-4-5-16-2;;/h7-8,16-17H,3-6,9H2,1-2H3;2*1H. The molecule has 1 aromatic carbocycles. The number of hydrogen-bond acceptors (Lipinski definition) is 3. The minimum atomic E-state index is 0. The van der Waals surface area contributed by atoms with E-state index < -0.39 is 0 Å². The molecule has 0 heterocycles. The van der Waals surface area contributed by atoms with Crippen molar-refractivity contribution in [2.24, 2.45) is 0 Å². The van der Waals surface area contributed by atoms with Crippen LogP contribution in [-0.4, -0.2) is 26.7 Å². The summed E-state index contributed by atoms with van der Waals surface area (Å²) in [6, 6.07) is 4.11. The summed E-state index contributed by atoms with van der Waals surface area (Å²) in [6.45, 7) is 5.52. The van der Waals surface area contributed by atoms with Gasteiger partial charge in [0.2, 0.25) is 0 Å². The molecule has 0 unspecified atom stereocenters. The fraction of sp³-hybridized carbons (Fsp3) is 0.538. The summed E-state index contributed by atoms with van der Waals surface area (Å²) in [7, 11) is 1.97. The summed E-state index contributed by atoms with van der Waals surface area (Å²) in [4.78, 5) is 0. The molecule has 0 aliphatic carbocycles. The van der Waals surface area contributed by atoms with Crippen LogP contribution in [-0.2, 0) is 6.54 Å². The summed E-state index contributed by atoms with van der Waals surface area (Å²) >= 11 is 7.05. The fourth-order valence-corrected chi connectivity index (χ4v) is 3.09. The van der Waals surface area contributed by atoms with E-state index in [0.29, 0.717) is 6.61 Å². The molecule has 118 valence electrons. The predicted octanol–water partition coefficient (Wildman–Crippen LogP) is 4.15. The molecule has 7 heteroatoms. The summed E-state index contributed by atoms with van der Waals surface area (Å²) in [5.74, 6) is 0.932. The first kappa shape index (κ1) is 22.8.